The second-order valence-corrected chi connectivity index (χ2v) is 6.08. The van der Waals surface area contributed by atoms with E-state index >= 15 is 0 Å². The highest BCUT2D eigenvalue weighted by molar-refractivity contribution is 5.99. The summed E-state index contributed by atoms with van der Waals surface area (Å²) in [5.74, 6) is -0.747. The molecule has 0 radical (unpaired) electrons. The number of aliphatic hydroxyl groups is 2. The Morgan fingerprint density at radius 2 is 2.14 bits per heavy atom. The van der Waals surface area contributed by atoms with Crippen LogP contribution in [0.25, 0.3) is 0 Å². The van der Waals surface area contributed by atoms with E-state index in [1.165, 1.54) is 6.07 Å². The lowest BCUT2D eigenvalue weighted by Crippen LogP contribution is -2.32. The summed E-state index contributed by atoms with van der Waals surface area (Å²) in [7, 11) is 0. The van der Waals surface area contributed by atoms with Gasteiger partial charge in [0.25, 0.3) is 0 Å². The topological polar surface area (TPSA) is 119 Å². The molecule has 1 aromatic rings. The summed E-state index contributed by atoms with van der Waals surface area (Å²) in [6.45, 7) is 3.17. The van der Waals surface area contributed by atoms with Gasteiger partial charge in [-0.1, -0.05) is 13.8 Å². The maximum atomic E-state index is 11.8. The van der Waals surface area contributed by atoms with Crippen molar-refractivity contribution in [3.63, 3.8) is 0 Å². The Bertz CT molecular complexity index is 612. The van der Waals surface area contributed by atoms with Crippen LogP contribution in [0.2, 0.25) is 0 Å². The van der Waals surface area contributed by atoms with Crippen LogP contribution >= 0.6 is 0 Å². The Morgan fingerprint density at radius 3 is 2.77 bits per heavy atom. The van der Waals surface area contributed by atoms with Gasteiger partial charge in [0, 0.05) is 23.1 Å². The summed E-state index contributed by atoms with van der Waals surface area (Å²) >= 11 is 0. The number of carbonyl (C=O) groups excluding carboxylic acids is 2. The molecule has 2 rings (SSSR count). The van der Waals surface area contributed by atoms with Crippen LogP contribution < -0.4 is 10.6 Å². The van der Waals surface area contributed by atoms with Crippen LogP contribution in [0, 0.1) is 0 Å². The molecule has 1 aromatic carbocycles. The minimum Gasteiger partial charge on any atom is -0.505 e. The maximum absolute atomic E-state index is 11.8. The number of amides is 2. The molecule has 22 heavy (non-hydrogen) atoms. The van der Waals surface area contributed by atoms with Crippen LogP contribution in [0.1, 0.15) is 32.3 Å². The van der Waals surface area contributed by atoms with Gasteiger partial charge in [0.2, 0.25) is 11.8 Å². The summed E-state index contributed by atoms with van der Waals surface area (Å²) in [6, 6.07) is 3.10. The summed E-state index contributed by atoms with van der Waals surface area (Å²) in [6.07, 6.45) is -1.18. The van der Waals surface area contributed by atoms with Crippen molar-refractivity contribution in [2.45, 2.75) is 38.2 Å². The molecule has 1 aliphatic rings. The van der Waals surface area contributed by atoms with E-state index in [1.54, 1.807) is 6.07 Å². The van der Waals surface area contributed by atoms with Gasteiger partial charge in [-0.05, 0) is 12.1 Å². The van der Waals surface area contributed by atoms with Crippen LogP contribution in [-0.4, -0.2) is 39.8 Å². The Hall–Kier alpha value is -2.12. The summed E-state index contributed by atoms with van der Waals surface area (Å²) < 4.78 is 0. The van der Waals surface area contributed by atoms with Crippen LogP contribution in [0.3, 0.4) is 0 Å². The quantitative estimate of drug-likeness (QED) is 0.524. The number of rotatable bonds is 4. The monoisotopic (exact) mass is 308 g/mol. The Balaban J connectivity index is 2.29. The van der Waals surface area contributed by atoms with Crippen LogP contribution in [-0.2, 0) is 15.0 Å². The number of hydrogen-bond acceptors (Lipinski definition) is 5. The Labute approximate surface area is 128 Å². The van der Waals surface area contributed by atoms with Crippen molar-refractivity contribution in [2.75, 3.05) is 17.2 Å². The van der Waals surface area contributed by atoms with E-state index in [-0.39, 0.29) is 30.2 Å². The molecule has 0 saturated carbocycles. The fraction of sp³-hybridized carbons (Fsp3) is 0.467. The lowest BCUT2D eigenvalue weighted by Gasteiger charge is -2.33. The van der Waals surface area contributed by atoms with Gasteiger partial charge in [-0.2, -0.15) is 0 Å². The molecule has 1 atom stereocenters. The van der Waals surface area contributed by atoms with Gasteiger partial charge >= 0.3 is 0 Å². The number of phenols is 1. The van der Waals surface area contributed by atoms with Gasteiger partial charge in [0.15, 0.2) is 0 Å². The number of benzene rings is 1. The highest BCUT2D eigenvalue weighted by Gasteiger charge is 2.35. The molecule has 0 saturated heterocycles. The molecule has 0 aliphatic carbocycles. The third kappa shape index (κ3) is 3.20. The van der Waals surface area contributed by atoms with Gasteiger partial charge in [-0.15, -0.1) is 0 Å². The van der Waals surface area contributed by atoms with Crippen molar-refractivity contribution in [3.8, 4) is 5.75 Å². The van der Waals surface area contributed by atoms with E-state index in [1.807, 2.05) is 13.8 Å². The number of anilines is 2. The van der Waals surface area contributed by atoms with Crippen molar-refractivity contribution in [1.29, 1.82) is 0 Å². The number of phenolic OH excluding ortho intramolecular Hbond substituents is 1. The van der Waals surface area contributed by atoms with E-state index in [0.29, 0.717) is 11.3 Å². The molecular formula is C15H20N2O5. The maximum Gasteiger partial charge on any atom is 0.227 e. The number of nitrogens with one attached hydrogen (secondary N) is 2. The molecule has 0 spiro atoms. The van der Waals surface area contributed by atoms with Gasteiger partial charge in [-0.25, -0.2) is 0 Å². The van der Waals surface area contributed by atoms with Crippen molar-refractivity contribution in [3.05, 3.63) is 17.7 Å². The standard InChI is InChI=1S/C15H20N2O5/c1-15(2)6-12(21)16-9-3-4-10(14(22)13(9)15)17-11(20)5-8(19)7-18/h3-4,8,18-19,22H,5-7H2,1-2H3,(H,16,21)(H,17,20). The number of hydrogen-bond donors (Lipinski definition) is 5. The lowest BCUT2D eigenvalue weighted by molar-refractivity contribution is -0.119. The fourth-order valence-electron chi connectivity index (χ4n) is 2.65. The van der Waals surface area contributed by atoms with Crippen molar-refractivity contribution in [2.24, 2.45) is 0 Å². The summed E-state index contributed by atoms with van der Waals surface area (Å²) in [4.78, 5) is 23.4. The molecular weight excluding hydrogens is 288 g/mol. The third-order valence-corrected chi connectivity index (χ3v) is 3.64. The van der Waals surface area contributed by atoms with E-state index in [9.17, 15) is 19.8 Å². The number of aliphatic hydroxyl groups excluding tert-OH is 2. The Kier molecular flexibility index (Phi) is 4.39. The van der Waals surface area contributed by atoms with Crippen molar-refractivity contribution < 1.29 is 24.9 Å². The first kappa shape index (κ1) is 16.3. The zero-order chi connectivity index (χ0) is 16.5. The predicted octanol–water partition coefficient (Wildman–Crippen LogP) is 0.694. The highest BCUT2D eigenvalue weighted by Crippen LogP contribution is 2.45. The van der Waals surface area contributed by atoms with Crippen molar-refractivity contribution >= 4 is 23.2 Å². The largest absolute Gasteiger partial charge is 0.505 e. The van der Waals surface area contributed by atoms with Gasteiger partial charge in [-0.3, -0.25) is 9.59 Å². The SMILES string of the molecule is CC1(C)CC(=O)Nc2ccc(NC(=O)CC(O)CO)c(O)c21. The molecule has 5 N–H and O–H groups in total. The minimum atomic E-state index is -1.14. The van der Waals surface area contributed by atoms with E-state index in [0.717, 1.165) is 0 Å². The van der Waals surface area contributed by atoms with Gasteiger partial charge < -0.3 is 26.0 Å². The lowest BCUT2D eigenvalue weighted by atomic mass is 9.77. The summed E-state index contributed by atoms with van der Waals surface area (Å²) in [5.41, 5.74) is 0.727. The van der Waals surface area contributed by atoms with E-state index in [4.69, 9.17) is 5.11 Å². The number of carbonyl (C=O) groups is 2. The van der Waals surface area contributed by atoms with Crippen LogP contribution in [0.4, 0.5) is 11.4 Å². The second-order valence-electron chi connectivity index (χ2n) is 6.08. The summed E-state index contributed by atoms with van der Waals surface area (Å²) in [5, 5.41) is 33.6. The average Bonchev–Trinajstić information content (AvgIpc) is 2.39. The van der Waals surface area contributed by atoms with Crippen LogP contribution in [0.15, 0.2) is 12.1 Å². The molecule has 0 fully saturated rings. The molecule has 1 unspecified atom stereocenters. The second kappa shape index (κ2) is 5.94. The molecule has 1 heterocycles. The normalized spacial score (nSPS) is 17.4. The first-order chi connectivity index (χ1) is 10.2. The van der Waals surface area contributed by atoms with Crippen molar-refractivity contribution in [1.82, 2.24) is 0 Å². The predicted molar refractivity (Wildman–Crippen MR) is 80.7 cm³/mol. The first-order valence-electron chi connectivity index (χ1n) is 6.99. The van der Waals surface area contributed by atoms with E-state index in [2.05, 4.69) is 10.6 Å². The minimum absolute atomic E-state index is 0.102. The molecule has 7 nitrogen and oxygen atoms in total. The first-order valence-corrected chi connectivity index (χ1v) is 6.99. The molecule has 120 valence electrons. The highest BCUT2D eigenvalue weighted by atomic mass is 16.3. The zero-order valence-electron chi connectivity index (χ0n) is 12.5. The molecule has 1 aliphatic heterocycles. The van der Waals surface area contributed by atoms with Gasteiger partial charge in [0.05, 0.1) is 24.8 Å². The van der Waals surface area contributed by atoms with Gasteiger partial charge in [0.1, 0.15) is 5.75 Å². The number of aromatic hydroxyl groups is 1. The fourth-order valence-corrected chi connectivity index (χ4v) is 2.65. The Morgan fingerprint density at radius 1 is 1.45 bits per heavy atom. The molecule has 0 aromatic heterocycles. The smallest absolute Gasteiger partial charge is 0.227 e. The zero-order valence-corrected chi connectivity index (χ0v) is 12.5. The average molecular weight is 308 g/mol. The molecule has 7 heteroatoms. The molecule has 2 amide bonds. The van der Waals surface area contributed by atoms with E-state index < -0.39 is 24.0 Å². The third-order valence-electron chi connectivity index (χ3n) is 3.64. The molecule has 0 bridgehead atoms. The van der Waals surface area contributed by atoms with Crippen LogP contribution in [0.5, 0.6) is 5.75 Å². The number of fused-ring (bicyclic) bond motifs is 1.